The van der Waals surface area contributed by atoms with Crippen LogP contribution in [0.4, 0.5) is 0 Å². The second-order valence-corrected chi connectivity index (χ2v) is 2.56. The summed E-state index contributed by atoms with van der Waals surface area (Å²) in [4.78, 5) is 0. The first kappa shape index (κ1) is 9.44. The summed E-state index contributed by atoms with van der Waals surface area (Å²) in [6.07, 6.45) is 4.01. The molecular formula is C9H16O. The van der Waals surface area contributed by atoms with Crippen LogP contribution in [-0.4, -0.2) is 12.7 Å². The molecule has 0 aliphatic rings. The molecule has 0 aromatic heterocycles. The Morgan fingerprint density at radius 2 is 2.20 bits per heavy atom. The van der Waals surface area contributed by atoms with E-state index >= 15 is 0 Å². The Morgan fingerprint density at radius 3 is 2.60 bits per heavy atom. The zero-order chi connectivity index (χ0) is 7.98. The summed E-state index contributed by atoms with van der Waals surface area (Å²) in [6.45, 7) is 10.4. The molecule has 0 spiro atoms. The van der Waals surface area contributed by atoms with Gasteiger partial charge in [-0.25, -0.2) is 0 Å². The molecule has 10 heavy (non-hydrogen) atoms. The van der Waals surface area contributed by atoms with Gasteiger partial charge >= 0.3 is 0 Å². The molecule has 0 saturated carbocycles. The van der Waals surface area contributed by atoms with Crippen molar-refractivity contribution in [3.63, 3.8) is 0 Å². The molecule has 0 N–H and O–H groups in total. The van der Waals surface area contributed by atoms with E-state index in [1.807, 2.05) is 6.92 Å². The fourth-order valence-electron chi connectivity index (χ4n) is 0.435. The molecule has 0 heterocycles. The topological polar surface area (TPSA) is 9.23 Å². The van der Waals surface area contributed by atoms with Crippen molar-refractivity contribution in [2.24, 2.45) is 0 Å². The lowest BCUT2D eigenvalue weighted by Crippen LogP contribution is -2.03. The van der Waals surface area contributed by atoms with Gasteiger partial charge in [-0.2, -0.15) is 0 Å². The van der Waals surface area contributed by atoms with E-state index in [9.17, 15) is 0 Å². The van der Waals surface area contributed by atoms with E-state index in [0.717, 1.165) is 0 Å². The number of ether oxygens (including phenoxy) is 1. The zero-order valence-electron chi connectivity index (χ0n) is 7.05. The van der Waals surface area contributed by atoms with Gasteiger partial charge in [0, 0.05) is 0 Å². The van der Waals surface area contributed by atoms with Crippen LogP contribution in [0.2, 0.25) is 0 Å². The summed E-state index contributed by atoms with van der Waals surface area (Å²) in [7, 11) is 0. The van der Waals surface area contributed by atoms with Crippen molar-refractivity contribution >= 4 is 0 Å². The first-order valence-electron chi connectivity index (χ1n) is 3.54. The van der Waals surface area contributed by atoms with E-state index in [4.69, 9.17) is 4.74 Å². The summed E-state index contributed by atoms with van der Waals surface area (Å²) < 4.78 is 5.31. The van der Waals surface area contributed by atoms with E-state index in [1.54, 1.807) is 6.08 Å². The number of hydrogen-bond donors (Lipinski definition) is 0. The van der Waals surface area contributed by atoms with Gasteiger partial charge in [0.05, 0.1) is 12.7 Å². The van der Waals surface area contributed by atoms with Gasteiger partial charge in [0.2, 0.25) is 0 Å². The maximum Gasteiger partial charge on any atom is 0.0729 e. The van der Waals surface area contributed by atoms with Gasteiger partial charge in [-0.15, -0.1) is 6.58 Å². The van der Waals surface area contributed by atoms with Gasteiger partial charge in [-0.3, -0.25) is 0 Å². The molecule has 0 aromatic carbocycles. The predicted molar refractivity (Wildman–Crippen MR) is 45.0 cm³/mol. The lowest BCUT2D eigenvalue weighted by atomic mass is 10.3. The highest BCUT2D eigenvalue weighted by Crippen LogP contribution is 1.93. The Hall–Kier alpha value is -0.560. The molecule has 1 unspecified atom stereocenters. The van der Waals surface area contributed by atoms with Crippen molar-refractivity contribution in [1.82, 2.24) is 0 Å². The van der Waals surface area contributed by atoms with Crippen molar-refractivity contribution in [2.75, 3.05) is 6.61 Å². The molecule has 0 bridgehead atoms. The molecule has 0 fully saturated rings. The summed E-state index contributed by atoms with van der Waals surface area (Å²) in [5.41, 5.74) is 1.29. The molecule has 0 radical (unpaired) electrons. The van der Waals surface area contributed by atoms with Gasteiger partial charge in [0.15, 0.2) is 0 Å². The highest BCUT2D eigenvalue weighted by molar-refractivity contribution is 4.93. The molecule has 0 amide bonds. The minimum Gasteiger partial charge on any atom is -0.370 e. The lowest BCUT2D eigenvalue weighted by Gasteiger charge is -2.04. The van der Waals surface area contributed by atoms with Crippen molar-refractivity contribution in [2.45, 2.75) is 26.9 Å². The van der Waals surface area contributed by atoms with E-state index in [0.29, 0.717) is 6.61 Å². The standard InChI is InChI=1S/C9H16O/c1-5-9(4)10-7-6-8(2)3/h5-6,9H,1,7H2,2-4H3. The van der Waals surface area contributed by atoms with E-state index in [-0.39, 0.29) is 6.10 Å². The Bertz CT molecular complexity index is 121. The average Bonchev–Trinajstić information content (AvgIpc) is 1.87. The Labute approximate surface area is 63.4 Å². The second-order valence-electron chi connectivity index (χ2n) is 2.56. The third kappa shape index (κ3) is 5.57. The maximum absolute atomic E-state index is 5.31. The van der Waals surface area contributed by atoms with Crippen LogP contribution < -0.4 is 0 Å². The highest BCUT2D eigenvalue weighted by atomic mass is 16.5. The summed E-state index contributed by atoms with van der Waals surface area (Å²) >= 11 is 0. The van der Waals surface area contributed by atoms with Crippen LogP contribution >= 0.6 is 0 Å². The van der Waals surface area contributed by atoms with Gasteiger partial charge in [0.1, 0.15) is 0 Å². The smallest absolute Gasteiger partial charge is 0.0729 e. The van der Waals surface area contributed by atoms with Crippen LogP contribution in [0.3, 0.4) is 0 Å². The van der Waals surface area contributed by atoms with Crippen LogP contribution in [0.25, 0.3) is 0 Å². The van der Waals surface area contributed by atoms with E-state index in [2.05, 4.69) is 26.5 Å². The molecule has 0 aliphatic carbocycles. The molecule has 58 valence electrons. The molecular weight excluding hydrogens is 124 g/mol. The zero-order valence-corrected chi connectivity index (χ0v) is 7.05. The van der Waals surface area contributed by atoms with Crippen molar-refractivity contribution < 1.29 is 4.74 Å². The largest absolute Gasteiger partial charge is 0.370 e. The molecule has 1 nitrogen and oxygen atoms in total. The Balaban J connectivity index is 3.36. The third-order valence-electron chi connectivity index (χ3n) is 1.18. The van der Waals surface area contributed by atoms with Crippen LogP contribution in [0.1, 0.15) is 20.8 Å². The fraction of sp³-hybridized carbons (Fsp3) is 0.556. The first-order valence-corrected chi connectivity index (χ1v) is 3.54. The Morgan fingerprint density at radius 1 is 1.60 bits per heavy atom. The minimum atomic E-state index is 0.163. The van der Waals surface area contributed by atoms with Crippen LogP contribution in [-0.2, 0) is 4.74 Å². The molecule has 0 rings (SSSR count). The summed E-state index contributed by atoms with van der Waals surface area (Å²) in [5.74, 6) is 0. The highest BCUT2D eigenvalue weighted by Gasteiger charge is 1.90. The molecule has 0 aromatic rings. The van der Waals surface area contributed by atoms with Crippen molar-refractivity contribution in [1.29, 1.82) is 0 Å². The molecule has 1 atom stereocenters. The van der Waals surface area contributed by atoms with Crippen LogP contribution in [0, 0.1) is 0 Å². The normalized spacial score (nSPS) is 12.3. The van der Waals surface area contributed by atoms with Gasteiger partial charge in [0.25, 0.3) is 0 Å². The van der Waals surface area contributed by atoms with Crippen molar-refractivity contribution in [3.05, 3.63) is 24.3 Å². The maximum atomic E-state index is 5.31. The first-order chi connectivity index (χ1) is 4.66. The Kier molecular flexibility index (Phi) is 4.95. The molecule has 0 aliphatic heterocycles. The van der Waals surface area contributed by atoms with E-state index in [1.165, 1.54) is 5.57 Å². The summed E-state index contributed by atoms with van der Waals surface area (Å²) in [6, 6.07) is 0. The van der Waals surface area contributed by atoms with Crippen LogP contribution in [0.5, 0.6) is 0 Å². The van der Waals surface area contributed by atoms with Gasteiger partial charge in [-0.1, -0.05) is 17.7 Å². The number of rotatable bonds is 4. The van der Waals surface area contributed by atoms with Crippen molar-refractivity contribution in [3.8, 4) is 0 Å². The SMILES string of the molecule is C=CC(C)OCC=C(C)C. The fourth-order valence-corrected chi connectivity index (χ4v) is 0.435. The van der Waals surface area contributed by atoms with Gasteiger partial charge in [-0.05, 0) is 20.8 Å². The quantitative estimate of drug-likeness (QED) is 0.545. The third-order valence-corrected chi connectivity index (χ3v) is 1.18. The molecule has 0 saturated heterocycles. The number of hydrogen-bond acceptors (Lipinski definition) is 1. The monoisotopic (exact) mass is 140 g/mol. The van der Waals surface area contributed by atoms with Crippen LogP contribution in [0.15, 0.2) is 24.3 Å². The van der Waals surface area contributed by atoms with E-state index < -0.39 is 0 Å². The summed E-state index contributed by atoms with van der Waals surface area (Å²) in [5, 5.41) is 0. The van der Waals surface area contributed by atoms with Gasteiger partial charge < -0.3 is 4.74 Å². The second kappa shape index (κ2) is 5.24. The minimum absolute atomic E-state index is 0.163. The lowest BCUT2D eigenvalue weighted by molar-refractivity contribution is 0.123. The average molecular weight is 140 g/mol. The predicted octanol–water partition coefficient (Wildman–Crippen LogP) is 2.54. The number of allylic oxidation sites excluding steroid dienone is 1. The molecule has 1 heteroatoms.